The van der Waals surface area contributed by atoms with E-state index in [0.717, 1.165) is 23.6 Å². The summed E-state index contributed by atoms with van der Waals surface area (Å²) in [4.78, 5) is 0. The first-order valence-electron chi connectivity index (χ1n) is 7.06. The second-order valence-electron chi connectivity index (χ2n) is 5.37. The number of halogens is 2. The molecule has 0 amide bonds. The molecule has 1 aromatic carbocycles. The van der Waals surface area contributed by atoms with E-state index in [1.54, 1.807) is 0 Å². The van der Waals surface area contributed by atoms with Gasteiger partial charge in [0.1, 0.15) is 0 Å². The van der Waals surface area contributed by atoms with Crippen LogP contribution in [0.25, 0.3) is 0 Å². The zero-order valence-corrected chi connectivity index (χ0v) is 12.9. The molecule has 1 saturated heterocycles. The van der Waals surface area contributed by atoms with E-state index in [1.165, 1.54) is 25.8 Å². The van der Waals surface area contributed by atoms with Crippen molar-refractivity contribution in [3.63, 3.8) is 0 Å². The summed E-state index contributed by atoms with van der Waals surface area (Å²) in [6.45, 7) is 4.39. The van der Waals surface area contributed by atoms with Crippen molar-refractivity contribution in [2.45, 2.75) is 44.7 Å². The highest BCUT2D eigenvalue weighted by Gasteiger charge is 2.16. The Kier molecular flexibility index (Phi) is 5.96. The summed E-state index contributed by atoms with van der Waals surface area (Å²) < 4.78 is 0. The van der Waals surface area contributed by atoms with Gasteiger partial charge in [-0.15, -0.1) is 0 Å². The maximum atomic E-state index is 6.16. The quantitative estimate of drug-likeness (QED) is 0.838. The third-order valence-electron chi connectivity index (χ3n) is 3.70. The largest absolute Gasteiger partial charge is 0.314 e. The number of hydrogen-bond donors (Lipinski definition) is 2. The molecule has 0 bridgehead atoms. The normalized spacial score (nSPS) is 20.7. The highest BCUT2D eigenvalue weighted by Crippen LogP contribution is 2.21. The summed E-state index contributed by atoms with van der Waals surface area (Å²) in [5.74, 6) is 0. The van der Waals surface area contributed by atoms with Crippen LogP contribution in [0.3, 0.4) is 0 Å². The molecule has 1 aliphatic rings. The zero-order chi connectivity index (χ0) is 13.7. The second-order valence-corrected chi connectivity index (χ2v) is 6.21. The van der Waals surface area contributed by atoms with E-state index >= 15 is 0 Å². The van der Waals surface area contributed by atoms with Crippen LogP contribution in [0, 0.1) is 0 Å². The van der Waals surface area contributed by atoms with Gasteiger partial charge in [-0.05, 0) is 63.4 Å². The molecule has 0 aliphatic carbocycles. The standard InChI is InChI=1S/C15H22Cl2N2/c1-11(9-14-3-2-7-19-14)18-8-6-12-4-5-13(16)10-15(12)17/h4-5,10-11,14,18-19H,2-3,6-9H2,1H3. The highest BCUT2D eigenvalue weighted by atomic mass is 35.5. The Morgan fingerprint density at radius 2 is 2.26 bits per heavy atom. The van der Waals surface area contributed by atoms with E-state index in [9.17, 15) is 0 Å². The van der Waals surface area contributed by atoms with E-state index in [2.05, 4.69) is 17.6 Å². The topological polar surface area (TPSA) is 24.1 Å². The highest BCUT2D eigenvalue weighted by molar-refractivity contribution is 6.35. The van der Waals surface area contributed by atoms with Gasteiger partial charge in [-0.25, -0.2) is 0 Å². The molecule has 1 aromatic rings. The summed E-state index contributed by atoms with van der Waals surface area (Å²) in [5, 5.41) is 8.56. The van der Waals surface area contributed by atoms with Gasteiger partial charge in [-0.1, -0.05) is 29.3 Å². The molecule has 1 aliphatic heterocycles. The maximum Gasteiger partial charge on any atom is 0.0453 e. The molecular weight excluding hydrogens is 279 g/mol. The van der Waals surface area contributed by atoms with Crippen LogP contribution in [0.1, 0.15) is 31.7 Å². The fourth-order valence-electron chi connectivity index (χ4n) is 2.65. The van der Waals surface area contributed by atoms with Crippen LogP contribution in [-0.4, -0.2) is 25.2 Å². The number of nitrogens with one attached hydrogen (secondary N) is 2. The predicted molar refractivity (Wildman–Crippen MR) is 83.3 cm³/mol. The zero-order valence-electron chi connectivity index (χ0n) is 11.4. The fourth-order valence-corrected chi connectivity index (χ4v) is 3.15. The number of rotatable bonds is 6. The second kappa shape index (κ2) is 7.49. The lowest BCUT2D eigenvalue weighted by Gasteiger charge is -2.18. The summed E-state index contributed by atoms with van der Waals surface area (Å²) in [6.07, 6.45) is 4.78. The van der Waals surface area contributed by atoms with E-state index in [-0.39, 0.29) is 0 Å². The summed E-state index contributed by atoms with van der Waals surface area (Å²) >= 11 is 12.0. The molecule has 0 radical (unpaired) electrons. The molecule has 1 heterocycles. The Labute approximate surface area is 125 Å². The van der Waals surface area contributed by atoms with Gasteiger partial charge in [-0.2, -0.15) is 0 Å². The van der Waals surface area contributed by atoms with Crippen LogP contribution < -0.4 is 10.6 Å². The van der Waals surface area contributed by atoms with Gasteiger partial charge >= 0.3 is 0 Å². The van der Waals surface area contributed by atoms with Crippen molar-refractivity contribution < 1.29 is 0 Å². The summed E-state index contributed by atoms with van der Waals surface area (Å²) in [5.41, 5.74) is 1.16. The Morgan fingerprint density at radius 1 is 1.42 bits per heavy atom. The van der Waals surface area contributed by atoms with Gasteiger partial charge in [0.2, 0.25) is 0 Å². The molecule has 4 heteroatoms. The van der Waals surface area contributed by atoms with Crippen molar-refractivity contribution >= 4 is 23.2 Å². The van der Waals surface area contributed by atoms with Gasteiger partial charge in [0.15, 0.2) is 0 Å². The molecule has 2 N–H and O–H groups in total. The smallest absolute Gasteiger partial charge is 0.0453 e. The predicted octanol–water partition coefficient (Wildman–Crippen LogP) is 3.66. The minimum absolute atomic E-state index is 0.543. The van der Waals surface area contributed by atoms with Crippen molar-refractivity contribution in [2.75, 3.05) is 13.1 Å². The minimum atomic E-state index is 0.543. The Hall–Kier alpha value is -0.280. The van der Waals surface area contributed by atoms with Crippen molar-refractivity contribution in [3.8, 4) is 0 Å². The minimum Gasteiger partial charge on any atom is -0.314 e. The molecule has 1 fully saturated rings. The Balaban J connectivity index is 1.70. The fraction of sp³-hybridized carbons (Fsp3) is 0.600. The molecule has 19 heavy (non-hydrogen) atoms. The van der Waals surface area contributed by atoms with Gasteiger partial charge in [0.25, 0.3) is 0 Å². The van der Waals surface area contributed by atoms with Crippen LogP contribution in [0.15, 0.2) is 18.2 Å². The monoisotopic (exact) mass is 300 g/mol. The van der Waals surface area contributed by atoms with Gasteiger partial charge < -0.3 is 10.6 Å². The van der Waals surface area contributed by atoms with Gasteiger partial charge in [0.05, 0.1) is 0 Å². The Morgan fingerprint density at radius 3 is 2.95 bits per heavy atom. The summed E-state index contributed by atoms with van der Waals surface area (Å²) in [6, 6.07) is 6.96. The van der Waals surface area contributed by atoms with Crippen molar-refractivity contribution in [1.82, 2.24) is 10.6 Å². The average molecular weight is 301 g/mol. The third-order valence-corrected chi connectivity index (χ3v) is 4.29. The number of hydrogen-bond acceptors (Lipinski definition) is 2. The molecule has 2 atom stereocenters. The lowest BCUT2D eigenvalue weighted by atomic mass is 10.1. The van der Waals surface area contributed by atoms with Crippen molar-refractivity contribution in [2.24, 2.45) is 0 Å². The van der Waals surface area contributed by atoms with Crippen LogP contribution in [0.4, 0.5) is 0 Å². The lowest BCUT2D eigenvalue weighted by molar-refractivity contribution is 0.443. The van der Waals surface area contributed by atoms with E-state index in [4.69, 9.17) is 23.2 Å². The summed E-state index contributed by atoms with van der Waals surface area (Å²) in [7, 11) is 0. The molecule has 106 valence electrons. The lowest BCUT2D eigenvalue weighted by Crippen LogP contribution is -2.34. The molecule has 0 aromatic heterocycles. The molecule has 2 rings (SSSR count). The van der Waals surface area contributed by atoms with E-state index in [1.807, 2.05) is 18.2 Å². The SMILES string of the molecule is CC(CC1CCCN1)NCCc1ccc(Cl)cc1Cl. The first-order valence-corrected chi connectivity index (χ1v) is 7.81. The van der Waals surface area contributed by atoms with Gasteiger partial charge in [0, 0.05) is 22.1 Å². The van der Waals surface area contributed by atoms with Crippen LogP contribution in [0.2, 0.25) is 10.0 Å². The van der Waals surface area contributed by atoms with E-state index < -0.39 is 0 Å². The van der Waals surface area contributed by atoms with Crippen molar-refractivity contribution in [3.05, 3.63) is 33.8 Å². The Bertz CT molecular complexity index is 403. The molecule has 2 nitrogen and oxygen atoms in total. The van der Waals surface area contributed by atoms with Crippen LogP contribution >= 0.6 is 23.2 Å². The maximum absolute atomic E-state index is 6.16. The number of benzene rings is 1. The molecule has 0 saturated carbocycles. The molecule has 0 spiro atoms. The molecular formula is C15H22Cl2N2. The average Bonchev–Trinajstić information content (AvgIpc) is 2.84. The third kappa shape index (κ3) is 4.96. The van der Waals surface area contributed by atoms with Gasteiger partial charge in [-0.3, -0.25) is 0 Å². The first kappa shape index (κ1) is 15.1. The van der Waals surface area contributed by atoms with Crippen LogP contribution in [0.5, 0.6) is 0 Å². The van der Waals surface area contributed by atoms with E-state index in [0.29, 0.717) is 17.1 Å². The van der Waals surface area contributed by atoms with Crippen LogP contribution in [-0.2, 0) is 6.42 Å². The van der Waals surface area contributed by atoms with Crippen molar-refractivity contribution in [1.29, 1.82) is 0 Å². The first-order chi connectivity index (χ1) is 9.15. The molecule has 2 unspecified atom stereocenters.